The van der Waals surface area contributed by atoms with Gasteiger partial charge in [-0.2, -0.15) is 0 Å². The molecule has 25 heavy (non-hydrogen) atoms. The molecule has 6 nitrogen and oxygen atoms in total. The third-order valence-electron chi connectivity index (χ3n) is 5.06. The molecule has 1 unspecified atom stereocenters. The Morgan fingerprint density at radius 2 is 2.12 bits per heavy atom. The van der Waals surface area contributed by atoms with Crippen molar-refractivity contribution in [3.8, 4) is 0 Å². The summed E-state index contributed by atoms with van der Waals surface area (Å²) in [5.74, 6) is 0.216. The molecular weight excluding hydrogens is 340 g/mol. The van der Waals surface area contributed by atoms with Crippen LogP contribution < -0.4 is 5.73 Å². The highest BCUT2D eigenvalue weighted by atomic mass is 35.5. The summed E-state index contributed by atoms with van der Waals surface area (Å²) in [7, 11) is 0. The van der Waals surface area contributed by atoms with Gasteiger partial charge in [-0.1, -0.05) is 32.9 Å². The van der Waals surface area contributed by atoms with E-state index in [0.717, 1.165) is 17.5 Å². The van der Waals surface area contributed by atoms with Crippen molar-refractivity contribution in [3.63, 3.8) is 0 Å². The zero-order valence-electron chi connectivity index (χ0n) is 15.5. The minimum absolute atomic E-state index is 0. The molecule has 1 saturated heterocycles. The number of nitrogens with two attached hydrogens (primary N) is 1. The van der Waals surface area contributed by atoms with E-state index in [9.17, 15) is 4.79 Å². The van der Waals surface area contributed by atoms with Gasteiger partial charge in [0.25, 0.3) is 11.6 Å². The van der Waals surface area contributed by atoms with Gasteiger partial charge in [-0.15, -0.1) is 12.4 Å². The fourth-order valence-electron chi connectivity index (χ4n) is 3.30. The van der Waals surface area contributed by atoms with Crippen LogP contribution in [0, 0.1) is 12.3 Å². The van der Waals surface area contributed by atoms with E-state index in [4.69, 9.17) is 10.3 Å². The summed E-state index contributed by atoms with van der Waals surface area (Å²) >= 11 is 0. The second-order valence-corrected chi connectivity index (χ2v) is 7.81. The number of aryl methyl sites for hydroxylation is 1. The molecule has 0 saturated carbocycles. The number of piperidine rings is 1. The van der Waals surface area contributed by atoms with Gasteiger partial charge in [-0.05, 0) is 30.7 Å². The highest BCUT2D eigenvalue weighted by Crippen LogP contribution is 2.31. The van der Waals surface area contributed by atoms with Crippen LogP contribution in [0.1, 0.15) is 61.8 Å². The van der Waals surface area contributed by atoms with Crippen molar-refractivity contribution in [1.82, 2.24) is 15.0 Å². The van der Waals surface area contributed by atoms with Gasteiger partial charge in [-0.25, -0.2) is 4.98 Å². The zero-order chi connectivity index (χ0) is 17.6. The lowest BCUT2D eigenvalue weighted by molar-refractivity contribution is 0.0534. The maximum Gasteiger partial charge on any atom is 0.259 e. The molecule has 0 spiro atoms. The van der Waals surface area contributed by atoms with Crippen LogP contribution in [0.15, 0.2) is 10.6 Å². The highest BCUT2D eigenvalue weighted by molar-refractivity contribution is 6.06. The van der Waals surface area contributed by atoms with Crippen LogP contribution in [0.3, 0.4) is 0 Å². The normalized spacial score (nSPS) is 20.0. The molecule has 1 atom stereocenters. The summed E-state index contributed by atoms with van der Waals surface area (Å²) in [4.78, 5) is 19.6. The third-order valence-corrected chi connectivity index (χ3v) is 5.06. The van der Waals surface area contributed by atoms with Gasteiger partial charge in [-0.3, -0.25) is 4.79 Å². The van der Waals surface area contributed by atoms with E-state index >= 15 is 0 Å². The van der Waals surface area contributed by atoms with Crippen LogP contribution in [0.25, 0.3) is 11.1 Å². The Labute approximate surface area is 154 Å². The molecule has 0 bridgehead atoms. The van der Waals surface area contributed by atoms with Crippen LogP contribution >= 0.6 is 12.4 Å². The smallest absolute Gasteiger partial charge is 0.259 e. The van der Waals surface area contributed by atoms with E-state index in [1.165, 1.54) is 0 Å². The van der Waals surface area contributed by atoms with Crippen LogP contribution in [0.5, 0.6) is 0 Å². The largest absolute Gasteiger partial charge is 0.338 e. The standard InChI is InChI=1S/C18H26N4O2.ClH/c1-10(2)13-8-12(15-11(3)21-24-16(15)20-13)17(23)22-7-6-14(19)18(4,5)9-22;/h8,10,14H,6-7,9,19H2,1-5H3;1H. The first-order valence-electron chi connectivity index (χ1n) is 8.52. The Kier molecular flexibility index (Phi) is 5.44. The molecule has 1 aliphatic heterocycles. The Morgan fingerprint density at radius 1 is 1.44 bits per heavy atom. The number of likely N-dealkylation sites (tertiary alicyclic amines) is 1. The second-order valence-electron chi connectivity index (χ2n) is 7.81. The first-order valence-corrected chi connectivity index (χ1v) is 8.52. The van der Waals surface area contributed by atoms with Crippen LogP contribution in [-0.4, -0.2) is 40.1 Å². The Morgan fingerprint density at radius 3 is 2.72 bits per heavy atom. The summed E-state index contributed by atoms with van der Waals surface area (Å²) in [5.41, 5.74) is 8.72. The molecule has 3 rings (SSSR count). The number of carbonyl (C=O) groups is 1. The van der Waals surface area contributed by atoms with Gasteiger partial charge in [0.15, 0.2) is 0 Å². The lowest BCUT2D eigenvalue weighted by Gasteiger charge is -2.42. The summed E-state index contributed by atoms with van der Waals surface area (Å²) in [6.07, 6.45) is 0.812. The summed E-state index contributed by atoms with van der Waals surface area (Å²) < 4.78 is 5.32. The lowest BCUT2D eigenvalue weighted by atomic mass is 9.79. The molecule has 1 fully saturated rings. The molecular formula is C18H27ClN4O2. The number of pyridine rings is 1. The van der Waals surface area contributed by atoms with Crippen LogP contribution in [-0.2, 0) is 0 Å². The van der Waals surface area contributed by atoms with Gasteiger partial charge in [0.1, 0.15) is 0 Å². The quantitative estimate of drug-likeness (QED) is 0.881. The van der Waals surface area contributed by atoms with Gasteiger partial charge in [0.2, 0.25) is 0 Å². The highest BCUT2D eigenvalue weighted by Gasteiger charge is 2.36. The average Bonchev–Trinajstić information content (AvgIpc) is 2.90. The number of fused-ring (bicyclic) bond motifs is 1. The number of amides is 1. The molecule has 138 valence electrons. The number of aromatic nitrogens is 2. The van der Waals surface area contributed by atoms with E-state index in [2.05, 4.69) is 37.8 Å². The SMILES string of the molecule is Cc1noc2nc(C(C)C)cc(C(=O)N3CCC(N)C(C)(C)C3)c12.Cl. The van der Waals surface area contributed by atoms with E-state index in [-0.39, 0.29) is 35.7 Å². The van der Waals surface area contributed by atoms with Crippen molar-refractivity contribution >= 4 is 29.4 Å². The van der Waals surface area contributed by atoms with E-state index in [0.29, 0.717) is 30.1 Å². The molecule has 1 aliphatic rings. The Hall–Kier alpha value is -1.66. The molecule has 3 heterocycles. The monoisotopic (exact) mass is 366 g/mol. The lowest BCUT2D eigenvalue weighted by Crippen LogP contribution is -2.54. The summed E-state index contributed by atoms with van der Waals surface area (Å²) in [5, 5.41) is 4.72. The molecule has 2 aromatic rings. The van der Waals surface area contributed by atoms with Crippen molar-refractivity contribution < 1.29 is 9.32 Å². The second kappa shape index (κ2) is 6.92. The predicted octanol–water partition coefficient (Wildman–Crippen LogP) is 3.28. The van der Waals surface area contributed by atoms with Crippen LogP contribution in [0.2, 0.25) is 0 Å². The molecule has 2 N–H and O–H groups in total. The molecule has 0 radical (unpaired) electrons. The first kappa shape index (κ1) is 19.7. The van der Waals surface area contributed by atoms with Crippen molar-refractivity contribution in [3.05, 3.63) is 23.0 Å². The van der Waals surface area contributed by atoms with Crippen molar-refractivity contribution in [2.45, 2.75) is 53.0 Å². The number of nitrogens with zero attached hydrogens (tertiary/aromatic N) is 3. The molecule has 0 aliphatic carbocycles. The summed E-state index contributed by atoms with van der Waals surface area (Å²) in [6, 6.07) is 2.00. The maximum absolute atomic E-state index is 13.2. The van der Waals surface area contributed by atoms with Crippen LogP contribution in [0.4, 0.5) is 0 Å². The first-order chi connectivity index (χ1) is 11.2. The Balaban J connectivity index is 0.00000225. The molecule has 2 aromatic heterocycles. The summed E-state index contributed by atoms with van der Waals surface area (Å²) in [6.45, 7) is 11.5. The number of rotatable bonds is 2. The Bertz CT molecular complexity index is 785. The van der Waals surface area contributed by atoms with E-state index in [1.54, 1.807) is 0 Å². The van der Waals surface area contributed by atoms with E-state index in [1.807, 2.05) is 17.9 Å². The van der Waals surface area contributed by atoms with Crippen molar-refractivity contribution in [1.29, 1.82) is 0 Å². The number of hydrogen-bond acceptors (Lipinski definition) is 5. The van der Waals surface area contributed by atoms with Crippen molar-refractivity contribution in [2.75, 3.05) is 13.1 Å². The van der Waals surface area contributed by atoms with Gasteiger partial charge < -0.3 is 15.2 Å². The topological polar surface area (TPSA) is 85.2 Å². The maximum atomic E-state index is 13.2. The van der Waals surface area contributed by atoms with E-state index < -0.39 is 0 Å². The fraction of sp³-hybridized carbons (Fsp3) is 0.611. The zero-order valence-corrected chi connectivity index (χ0v) is 16.3. The third kappa shape index (κ3) is 3.51. The number of carbonyl (C=O) groups excluding carboxylic acids is 1. The van der Waals surface area contributed by atoms with Crippen molar-refractivity contribution in [2.24, 2.45) is 11.1 Å². The molecule has 0 aromatic carbocycles. The minimum atomic E-state index is -0.0926. The van der Waals surface area contributed by atoms with Gasteiger partial charge in [0, 0.05) is 24.8 Å². The molecule has 1 amide bonds. The van der Waals surface area contributed by atoms with Gasteiger partial charge in [0.05, 0.1) is 16.6 Å². The predicted molar refractivity (Wildman–Crippen MR) is 100 cm³/mol. The molecule has 7 heteroatoms. The van der Waals surface area contributed by atoms with Gasteiger partial charge >= 0.3 is 0 Å². The number of halogens is 1. The minimum Gasteiger partial charge on any atom is -0.338 e. The fourth-order valence-corrected chi connectivity index (χ4v) is 3.30. The average molecular weight is 367 g/mol. The number of hydrogen-bond donors (Lipinski definition) is 1.